The Labute approximate surface area is 161 Å². The quantitative estimate of drug-likeness (QED) is 0.685. The number of nitrogens with zero attached hydrogens (tertiary/aromatic N) is 6. The molecular weight excluding hydrogens is 368 g/mol. The van der Waals surface area contributed by atoms with E-state index in [2.05, 4.69) is 20.0 Å². The van der Waals surface area contributed by atoms with Gasteiger partial charge in [0.1, 0.15) is 17.9 Å². The first-order chi connectivity index (χ1) is 13.1. The molecule has 140 valence electrons. The molecule has 0 saturated carbocycles. The van der Waals surface area contributed by atoms with Crippen molar-refractivity contribution in [2.75, 3.05) is 38.2 Å². The molecule has 1 aromatic carbocycles. The number of hydrogen-bond acceptors (Lipinski definition) is 6. The summed E-state index contributed by atoms with van der Waals surface area (Å²) in [5, 5.41) is 5.68. The summed E-state index contributed by atoms with van der Waals surface area (Å²) in [6.45, 7) is 2.52. The van der Waals surface area contributed by atoms with E-state index in [1.54, 1.807) is 42.5 Å². The molecule has 4 rings (SSSR count). The van der Waals surface area contributed by atoms with Crippen LogP contribution in [0.4, 0.5) is 5.82 Å². The van der Waals surface area contributed by atoms with E-state index >= 15 is 0 Å². The highest BCUT2D eigenvalue weighted by Gasteiger charge is 2.26. The standard InChI is InChI=1S/C18H19ClN6O2/c1-23-16-14(10-22-23)17(21-11-20-16)24-5-7-25(8-6-24)18(26)13-9-12(19)3-4-15(13)27-2/h3-4,9-11H,5-8H2,1-2H3. The van der Waals surface area contributed by atoms with E-state index in [1.165, 1.54) is 0 Å². The van der Waals surface area contributed by atoms with Gasteiger partial charge in [-0.15, -0.1) is 0 Å². The fourth-order valence-corrected chi connectivity index (χ4v) is 3.51. The van der Waals surface area contributed by atoms with Crippen molar-refractivity contribution in [1.29, 1.82) is 0 Å². The Morgan fingerprint density at radius 3 is 2.70 bits per heavy atom. The highest BCUT2D eigenvalue weighted by Crippen LogP contribution is 2.26. The maximum absolute atomic E-state index is 12.9. The summed E-state index contributed by atoms with van der Waals surface area (Å²) in [5.74, 6) is 1.29. The predicted molar refractivity (Wildman–Crippen MR) is 102 cm³/mol. The van der Waals surface area contributed by atoms with Gasteiger partial charge in [-0.3, -0.25) is 9.48 Å². The van der Waals surface area contributed by atoms with Gasteiger partial charge in [-0.2, -0.15) is 5.10 Å². The molecular formula is C18H19ClN6O2. The molecule has 1 aliphatic rings. The van der Waals surface area contributed by atoms with Gasteiger partial charge < -0.3 is 14.5 Å². The van der Waals surface area contributed by atoms with Gasteiger partial charge in [-0.05, 0) is 18.2 Å². The summed E-state index contributed by atoms with van der Waals surface area (Å²) < 4.78 is 7.04. The van der Waals surface area contributed by atoms with Crippen molar-refractivity contribution in [3.05, 3.63) is 41.3 Å². The summed E-state index contributed by atoms with van der Waals surface area (Å²) in [4.78, 5) is 25.6. The molecule has 9 heteroatoms. The highest BCUT2D eigenvalue weighted by atomic mass is 35.5. The number of carbonyl (C=O) groups is 1. The monoisotopic (exact) mass is 386 g/mol. The third-order valence-electron chi connectivity index (χ3n) is 4.77. The minimum Gasteiger partial charge on any atom is -0.496 e. The average molecular weight is 387 g/mol. The van der Waals surface area contributed by atoms with Gasteiger partial charge >= 0.3 is 0 Å². The topological polar surface area (TPSA) is 76.4 Å². The Bertz CT molecular complexity index is 997. The van der Waals surface area contributed by atoms with Crippen molar-refractivity contribution in [3.8, 4) is 5.75 Å². The van der Waals surface area contributed by atoms with Crippen LogP contribution in [0, 0.1) is 0 Å². The number of rotatable bonds is 3. The average Bonchev–Trinajstić information content (AvgIpc) is 3.09. The van der Waals surface area contributed by atoms with Crippen LogP contribution >= 0.6 is 11.6 Å². The van der Waals surface area contributed by atoms with Crippen LogP contribution in [-0.2, 0) is 7.05 Å². The van der Waals surface area contributed by atoms with Gasteiger partial charge in [0, 0.05) is 38.2 Å². The second-order valence-electron chi connectivity index (χ2n) is 6.33. The van der Waals surface area contributed by atoms with E-state index in [0.29, 0.717) is 42.5 Å². The summed E-state index contributed by atoms with van der Waals surface area (Å²) in [5.41, 5.74) is 1.28. The Hall–Kier alpha value is -2.87. The smallest absolute Gasteiger partial charge is 0.257 e. The van der Waals surface area contributed by atoms with Crippen LogP contribution in [-0.4, -0.2) is 63.8 Å². The number of halogens is 1. The molecule has 0 bridgehead atoms. The number of carbonyl (C=O) groups excluding carboxylic acids is 1. The molecule has 1 amide bonds. The first-order valence-corrected chi connectivity index (χ1v) is 8.96. The van der Waals surface area contributed by atoms with Crippen LogP contribution < -0.4 is 9.64 Å². The molecule has 0 N–H and O–H groups in total. The third kappa shape index (κ3) is 3.16. The number of aryl methyl sites for hydroxylation is 1. The van der Waals surface area contributed by atoms with E-state index in [4.69, 9.17) is 16.3 Å². The molecule has 1 aliphatic heterocycles. The molecule has 3 aromatic rings. The fourth-order valence-electron chi connectivity index (χ4n) is 3.34. The number of benzene rings is 1. The van der Waals surface area contributed by atoms with E-state index in [0.717, 1.165) is 16.9 Å². The Kier molecular flexibility index (Phi) is 4.57. The maximum Gasteiger partial charge on any atom is 0.257 e. The third-order valence-corrected chi connectivity index (χ3v) is 5.00. The number of amides is 1. The molecule has 1 saturated heterocycles. The van der Waals surface area contributed by atoms with Gasteiger partial charge in [0.2, 0.25) is 0 Å². The molecule has 8 nitrogen and oxygen atoms in total. The molecule has 2 aromatic heterocycles. The zero-order valence-electron chi connectivity index (χ0n) is 15.1. The summed E-state index contributed by atoms with van der Waals surface area (Å²) in [6.07, 6.45) is 3.33. The van der Waals surface area contributed by atoms with E-state index < -0.39 is 0 Å². The first kappa shape index (κ1) is 17.5. The van der Waals surface area contributed by atoms with Crippen LogP contribution in [0.2, 0.25) is 5.02 Å². The van der Waals surface area contributed by atoms with Crippen LogP contribution in [0.5, 0.6) is 5.75 Å². The van der Waals surface area contributed by atoms with Crippen molar-refractivity contribution in [3.63, 3.8) is 0 Å². The first-order valence-electron chi connectivity index (χ1n) is 8.59. The number of anilines is 1. The summed E-state index contributed by atoms with van der Waals surface area (Å²) in [6, 6.07) is 5.08. The minimum atomic E-state index is -0.0804. The maximum atomic E-state index is 12.9. The molecule has 0 atom stereocenters. The number of aromatic nitrogens is 4. The summed E-state index contributed by atoms with van der Waals surface area (Å²) >= 11 is 6.06. The van der Waals surface area contributed by atoms with E-state index in [1.807, 2.05) is 11.9 Å². The van der Waals surface area contributed by atoms with E-state index in [9.17, 15) is 4.79 Å². The van der Waals surface area contributed by atoms with Gasteiger partial charge in [-0.25, -0.2) is 9.97 Å². The molecule has 0 aliphatic carbocycles. The lowest BCUT2D eigenvalue weighted by Crippen LogP contribution is -2.49. The zero-order chi connectivity index (χ0) is 19.0. The van der Waals surface area contributed by atoms with Gasteiger partial charge in [0.05, 0.1) is 24.3 Å². The molecule has 0 unspecified atom stereocenters. The lowest BCUT2D eigenvalue weighted by Gasteiger charge is -2.35. The number of fused-ring (bicyclic) bond motifs is 1. The second kappa shape index (κ2) is 7.03. The predicted octanol–water partition coefficient (Wildman–Crippen LogP) is 1.99. The van der Waals surface area contributed by atoms with Crippen LogP contribution in [0.3, 0.4) is 0 Å². The van der Waals surface area contributed by atoms with Gasteiger partial charge in [0.25, 0.3) is 5.91 Å². The molecule has 0 spiro atoms. The number of methoxy groups -OCH3 is 1. The van der Waals surface area contributed by atoms with Crippen molar-refractivity contribution < 1.29 is 9.53 Å². The Balaban J connectivity index is 1.52. The summed E-state index contributed by atoms with van der Waals surface area (Å²) in [7, 11) is 3.40. The highest BCUT2D eigenvalue weighted by molar-refractivity contribution is 6.31. The van der Waals surface area contributed by atoms with Crippen molar-refractivity contribution in [2.24, 2.45) is 7.05 Å². The Morgan fingerprint density at radius 2 is 1.96 bits per heavy atom. The lowest BCUT2D eigenvalue weighted by molar-refractivity contribution is 0.0743. The second-order valence-corrected chi connectivity index (χ2v) is 6.76. The number of ether oxygens (including phenoxy) is 1. The van der Waals surface area contributed by atoms with Gasteiger partial charge in [-0.1, -0.05) is 11.6 Å². The number of piperazine rings is 1. The van der Waals surface area contributed by atoms with Gasteiger partial charge in [0.15, 0.2) is 5.65 Å². The number of hydrogen-bond donors (Lipinski definition) is 0. The van der Waals surface area contributed by atoms with E-state index in [-0.39, 0.29) is 5.91 Å². The molecule has 3 heterocycles. The Morgan fingerprint density at radius 1 is 1.19 bits per heavy atom. The SMILES string of the molecule is COc1ccc(Cl)cc1C(=O)N1CCN(c2ncnc3c2cnn3C)CC1. The normalized spacial score (nSPS) is 14.6. The molecule has 1 fully saturated rings. The molecule has 0 radical (unpaired) electrons. The largest absolute Gasteiger partial charge is 0.496 e. The van der Waals surface area contributed by atoms with Crippen molar-refractivity contribution in [2.45, 2.75) is 0 Å². The van der Waals surface area contributed by atoms with Crippen LogP contribution in [0.15, 0.2) is 30.7 Å². The van der Waals surface area contributed by atoms with Crippen molar-refractivity contribution >= 4 is 34.4 Å². The lowest BCUT2D eigenvalue weighted by atomic mass is 10.1. The van der Waals surface area contributed by atoms with Crippen LogP contribution in [0.1, 0.15) is 10.4 Å². The van der Waals surface area contributed by atoms with Crippen LogP contribution in [0.25, 0.3) is 11.0 Å². The zero-order valence-corrected chi connectivity index (χ0v) is 15.8. The minimum absolute atomic E-state index is 0.0804. The van der Waals surface area contributed by atoms with Crippen molar-refractivity contribution in [1.82, 2.24) is 24.6 Å². The fraction of sp³-hybridized carbons (Fsp3) is 0.333. The molecule has 27 heavy (non-hydrogen) atoms.